The number of aliphatic carboxylic acids is 1. The van der Waals surface area contributed by atoms with Crippen LogP contribution in [0.5, 0.6) is 5.75 Å². The van der Waals surface area contributed by atoms with Crippen molar-refractivity contribution in [2.75, 3.05) is 26.7 Å². The van der Waals surface area contributed by atoms with E-state index in [1.807, 2.05) is 23.1 Å². The number of hydrogen-bond acceptors (Lipinski definition) is 6. The third-order valence-corrected chi connectivity index (χ3v) is 4.63. The normalized spacial score (nSPS) is 14.7. The molecule has 9 heteroatoms. The Hall–Kier alpha value is -3.10. The van der Waals surface area contributed by atoms with Crippen LogP contribution in [0.15, 0.2) is 23.2 Å². The van der Waals surface area contributed by atoms with Crippen LogP contribution in [0.1, 0.15) is 31.2 Å². The molecule has 2 aliphatic heterocycles. The zero-order valence-corrected chi connectivity index (χ0v) is 15.8. The highest BCUT2D eigenvalue weighted by Gasteiger charge is 2.29. The summed E-state index contributed by atoms with van der Waals surface area (Å²) in [5, 5.41) is 11.4. The number of hydrogen-bond donors (Lipinski definition) is 2. The molecule has 150 valence electrons. The number of benzene rings is 1. The summed E-state index contributed by atoms with van der Waals surface area (Å²) in [5.41, 5.74) is 1.86. The van der Waals surface area contributed by atoms with E-state index in [2.05, 4.69) is 10.3 Å². The summed E-state index contributed by atoms with van der Waals surface area (Å²) in [5.74, 6) is 0.148. The molecule has 2 heterocycles. The summed E-state index contributed by atoms with van der Waals surface area (Å²) in [4.78, 5) is 41.4. The Morgan fingerprint density at radius 3 is 2.89 bits per heavy atom. The zero-order valence-electron chi connectivity index (χ0n) is 15.8. The number of fused-ring (bicyclic) bond motifs is 2. The van der Waals surface area contributed by atoms with E-state index in [4.69, 9.17) is 9.84 Å². The molecule has 0 radical (unpaired) electrons. The number of likely N-dealkylation sites (N-methyl/N-ethyl adjacent to an activating group) is 1. The molecular weight excluding hydrogens is 364 g/mol. The Morgan fingerprint density at radius 1 is 1.29 bits per heavy atom. The van der Waals surface area contributed by atoms with Crippen LogP contribution in [-0.2, 0) is 20.9 Å². The van der Waals surface area contributed by atoms with E-state index in [0.717, 1.165) is 29.8 Å². The Kier molecular flexibility index (Phi) is 6.13. The van der Waals surface area contributed by atoms with Crippen LogP contribution in [0.2, 0.25) is 0 Å². The maximum absolute atomic E-state index is 11.8. The van der Waals surface area contributed by atoms with Crippen molar-refractivity contribution in [1.82, 2.24) is 15.1 Å². The first-order valence-electron chi connectivity index (χ1n) is 9.27. The van der Waals surface area contributed by atoms with Crippen molar-refractivity contribution in [1.29, 1.82) is 0 Å². The van der Waals surface area contributed by atoms with Crippen molar-refractivity contribution in [3.63, 3.8) is 0 Å². The van der Waals surface area contributed by atoms with Crippen molar-refractivity contribution < 1.29 is 24.2 Å². The Labute approximate surface area is 163 Å². The molecule has 2 amide bonds. The molecule has 0 bridgehead atoms. The fourth-order valence-electron chi connectivity index (χ4n) is 3.16. The fourth-order valence-corrected chi connectivity index (χ4v) is 3.16. The van der Waals surface area contributed by atoms with Gasteiger partial charge < -0.3 is 19.6 Å². The van der Waals surface area contributed by atoms with E-state index in [9.17, 15) is 14.4 Å². The molecule has 0 spiro atoms. The van der Waals surface area contributed by atoms with Gasteiger partial charge in [0.15, 0.2) is 0 Å². The number of carbonyl (C=O) groups is 3. The highest BCUT2D eigenvalue weighted by Crippen LogP contribution is 2.30. The summed E-state index contributed by atoms with van der Waals surface area (Å²) in [6, 6.07) is 5.69. The second-order valence-electron chi connectivity index (χ2n) is 6.93. The molecule has 3 rings (SSSR count). The van der Waals surface area contributed by atoms with Crippen LogP contribution in [0.3, 0.4) is 0 Å². The number of aliphatic imine (C=N–C) groups is 1. The standard InChI is InChI=1S/C19H24N4O5/c1-22(12-18(26)27)17(25)5-3-2-4-8-28-14-6-7-15-13(9-14)10-23-11-16(24)21-19(23)20-15/h6-7,9H,2-5,8,10-12H2,1H3,(H,26,27)(H,20,21,24). The Bertz CT molecular complexity index is 808. The highest BCUT2D eigenvalue weighted by atomic mass is 16.5. The van der Waals surface area contributed by atoms with Crippen LogP contribution in [0, 0.1) is 0 Å². The molecule has 1 fully saturated rings. The summed E-state index contributed by atoms with van der Waals surface area (Å²) < 4.78 is 5.79. The molecule has 2 N–H and O–H groups in total. The number of unbranched alkanes of at least 4 members (excludes halogenated alkanes) is 2. The maximum atomic E-state index is 11.8. The van der Waals surface area contributed by atoms with Gasteiger partial charge in [-0.3, -0.25) is 19.7 Å². The number of amides is 2. The molecule has 1 aromatic carbocycles. The van der Waals surface area contributed by atoms with Gasteiger partial charge in [0.1, 0.15) is 18.8 Å². The van der Waals surface area contributed by atoms with Crippen molar-refractivity contribution >= 4 is 29.4 Å². The molecule has 2 aliphatic rings. The molecule has 1 saturated heterocycles. The van der Waals surface area contributed by atoms with E-state index in [1.54, 1.807) is 0 Å². The van der Waals surface area contributed by atoms with Gasteiger partial charge in [-0.2, -0.15) is 0 Å². The molecule has 0 aromatic heterocycles. The SMILES string of the molecule is CN(CC(=O)O)C(=O)CCCCCOc1ccc2c(c1)CN1CC(=O)NC1=N2. The van der Waals surface area contributed by atoms with Crippen LogP contribution in [0.4, 0.5) is 5.69 Å². The van der Waals surface area contributed by atoms with E-state index in [0.29, 0.717) is 38.5 Å². The van der Waals surface area contributed by atoms with Gasteiger partial charge in [-0.1, -0.05) is 0 Å². The number of rotatable bonds is 9. The third kappa shape index (κ3) is 4.99. The van der Waals surface area contributed by atoms with E-state index >= 15 is 0 Å². The number of ether oxygens (including phenoxy) is 1. The topological polar surface area (TPSA) is 112 Å². The third-order valence-electron chi connectivity index (χ3n) is 4.63. The Morgan fingerprint density at radius 2 is 2.11 bits per heavy atom. The van der Waals surface area contributed by atoms with Crippen LogP contribution in [0.25, 0.3) is 0 Å². The predicted octanol–water partition coefficient (Wildman–Crippen LogP) is 1.10. The van der Waals surface area contributed by atoms with Gasteiger partial charge in [-0.15, -0.1) is 0 Å². The number of carboxylic acids is 1. The molecule has 28 heavy (non-hydrogen) atoms. The van der Waals surface area contributed by atoms with Gasteiger partial charge in [-0.05, 0) is 37.5 Å². The van der Waals surface area contributed by atoms with Gasteiger partial charge in [0, 0.05) is 25.6 Å². The number of guanidine groups is 1. The second-order valence-corrected chi connectivity index (χ2v) is 6.93. The van der Waals surface area contributed by atoms with Crippen LogP contribution < -0.4 is 10.1 Å². The molecule has 0 atom stereocenters. The lowest BCUT2D eigenvalue weighted by molar-refractivity contribution is -0.143. The summed E-state index contributed by atoms with van der Waals surface area (Å²) in [6.07, 6.45) is 2.67. The lowest BCUT2D eigenvalue weighted by Crippen LogP contribution is -2.32. The second kappa shape index (κ2) is 8.73. The van der Waals surface area contributed by atoms with E-state index < -0.39 is 5.97 Å². The van der Waals surface area contributed by atoms with Gasteiger partial charge in [0.2, 0.25) is 17.8 Å². The molecule has 0 unspecified atom stereocenters. The van der Waals surface area contributed by atoms with Gasteiger partial charge in [0.25, 0.3) is 0 Å². The van der Waals surface area contributed by atoms with E-state index in [-0.39, 0.29) is 18.4 Å². The first kappa shape index (κ1) is 19.7. The summed E-state index contributed by atoms with van der Waals surface area (Å²) in [7, 11) is 1.50. The minimum atomic E-state index is -1.01. The summed E-state index contributed by atoms with van der Waals surface area (Å²) in [6.45, 7) is 1.21. The molecular formula is C19H24N4O5. The van der Waals surface area contributed by atoms with Crippen LogP contribution in [-0.4, -0.2) is 65.4 Å². The molecule has 1 aromatic rings. The van der Waals surface area contributed by atoms with Gasteiger partial charge in [-0.25, -0.2) is 4.99 Å². The quantitative estimate of drug-likeness (QED) is 0.613. The molecule has 0 saturated carbocycles. The Balaban J connectivity index is 1.38. The summed E-state index contributed by atoms with van der Waals surface area (Å²) >= 11 is 0. The first-order chi connectivity index (χ1) is 13.4. The molecule has 0 aliphatic carbocycles. The average molecular weight is 388 g/mol. The molecule has 9 nitrogen and oxygen atoms in total. The minimum Gasteiger partial charge on any atom is -0.494 e. The number of nitrogens with zero attached hydrogens (tertiary/aromatic N) is 3. The van der Waals surface area contributed by atoms with Gasteiger partial charge in [0.05, 0.1) is 12.3 Å². The maximum Gasteiger partial charge on any atom is 0.323 e. The fraction of sp³-hybridized carbons (Fsp3) is 0.474. The van der Waals surface area contributed by atoms with Crippen molar-refractivity contribution in [2.24, 2.45) is 4.99 Å². The largest absolute Gasteiger partial charge is 0.494 e. The average Bonchev–Trinajstić information content (AvgIpc) is 3.00. The lowest BCUT2D eigenvalue weighted by atomic mass is 10.1. The van der Waals surface area contributed by atoms with Crippen molar-refractivity contribution in [3.05, 3.63) is 23.8 Å². The first-order valence-corrected chi connectivity index (χ1v) is 9.27. The van der Waals surface area contributed by atoms with Crippen LogP contribution >= 0.6 is 0 Å². The minimum absolute atomic E-state index is 0.0457. The highest BCUT2D eigenvalue weighted by molar-refractivity contribution is 6.05. The predicted molar refractivity (Wildman–Crippen MR) is 101 cm³/mol. The zero-order chi connectivity index (χ0) is 20.1. The van der Waals surface area contributed by atoms with E-state index in [1.165, 1.54) is 11.9 Å². The smallest absolute Gasteiger partial charge is 0.323 e. The monoisotopic (exact) mass is 388 g/mol. The van der Waals surface area contributed by atoms with Gasteiger partial charge >= 0.3 is 5.97 Å². The number of carboxylic acid groups (broad SMARTS) is 1. The number of carbonyl (C=O) groups excluding carboxylic acids is 2. The lowest BCUT2D eigenvalue weighted by Gasteiger charge is -2.23. The van der Waals surface area contributed by atoms with Crippen molar-refractivity contribution in [3.8, 4) is 5.75 Å². The van der Waals surface area contributed by atoms with Crippen molar-refractivity contribution in [2.45, 2.75) is 32.2 Å². The number of nitrogens with one attached hydrogen (secondary N) is 1.